The van der Waals surface area contributed by atoms with E-state index in [4.69, 9.17) is 4.74 Å². The van der Waals surface area contributed by atoms with E-state index in [2.05, 4.69) is 11.9 Å². The van der Waals surface area contributed by atoms with Gasteiger partial charge in [0.15, 0.2) is 6.61 Å². The number of esters is 1. The van der Waals surface area contributed by atoms with Gasteiger partial charge in [-0.1, -0.05) is 43.3 Å². The van der Waals surface area contributed by atoms with Gasteiger partial charge in [-0.25, -0.2) is 0 Å². The number of hydrogen-bond acceptors (Lipinski definition) is 4. The highest BCUT2D eigenvalue weighted by Gasteiger charge is 2.15. The van der Waals surface area contributed by atoms with Crippen LogP contribution in [-0.4, -0.2) is 29.1 Å². The maximum absolute atomic E-state index is 12.4. The maximum Gasteiger partial charge on any atom is 0.316 e. The first-order valence-electron chi connectivity index (χ1n) is 8.56. The lowest BCUT2D eigenvalue weighted by Crippen LogP contribution is -2.15. The highest BCUT2D eigenvalue weighted by atomic mass is 32.2. The number of thioether (sulfide) groups is 1. The molecule has 0 spiro atoms. The number of rotatable bonds is 7. The van der Waals surface area contributed by atoms with E-state index in [0.29, 0.717) is 5.56 Å². The molecule has 3 aromatic rings. The largest absolute Gasteiger partial charge is 0.457 e. The first-order chi connectivity index (χ1) is 12.6. The Morgan fingerprint density at radius 3 is 2.69 bits per heavy atom. The van der Waals surface area contributed by atoms with Gasteiger partial charge in [-0.3, -0.25) is 9.59 Å². The zero-order valence-corrected chi connectivity index (χ0v) is 15.7. The molecule has 3 rings (SSSR count). The number of aryl methyl sites for hydroxylation is 2. The summed E-state index contributed by atoms with van der Waals surface area (Å²) in [6, 6.07) is 13.8. The van der Waals surface area contributed by atoms with E-state index in [9.17, 15) is 9.59 Å². The number of hydrogen-bond donors (Lipinski definition) is 1. The molecule has 0 unspecified atom stereocenters. The molecule has 5 heteroatoms. The maximum atomic E-state index is 12.4. The average molecular weight is 367 g/mol. The number of fused-ring (bicyclic) bond motifs is 1. The quantitative estimate of drug-likeness (QED) is 0.378. The van der Waals surface area contributed by atoms with Crippen LogP contribution in [0.5, 0.6) is 0 Å². The number of aromatic nitrogens is 1. The van der Waals surface area contributed by atoms with Gasteiger partial charge in [-0.15, -0.1) is 11.8 Å². The smallest absolute Gasteiger partial charge is 0.316 e. The van der Waals surface area contributed by atoms with Crippen molar-refractivity contribution in [2.24, 2.45) is 0 Å². The Morgan fingerprint density at radius 2 is 1.92 bits per heavy atom. The standard InChI is InChI=1S/C21H21NO3S/c1-3-15-8-6-9-16-17(11-22-21(15)16)18(23)12-25-20(24)13-26-19-10-5-4-7-14(19)2/h4-11,22H,3,12-13H2,1-2H3. The second-order valence-electron chi connectivity index (χ2n) is 6.03. The summed E-state index contributed by atoms with van der Waals surface area (Å²) in [5.41, 5.74) is 3.81. The fourth-order valence-corrected chi connectivity index (χ4v) is 3.69. The Morgan fingerprint density at radius 1 is 1.12 bits per heavy atom. The van der Waals surface area contributed by atoms with Crippen molar-refractivity contribution in [1.29, 1.82) is 0 Å². The van der Waals surface area contributed by atoms with E-state index < -0.39 is 0 Å². The molecular weight excluding hydrogens is 346 g/mol. The van der Waals surface area contributed by atoms with Crippen molar-refractivity contribution in [1.82, 2.24) is 4.98 Å². The van der Waals surface area contributed by atoms with Crippen LogP contribution in [-0.2, 0) is 16.0 Å². The molecule has 0 atom stereocenters. The lowest BCUT2D eigenvalue weighted by atomic mass is 10.1. The third kappa shape index (κ3) is 3.99. The summed E-state index contributed by atoms with van der Waals surface area (Å²) < 4.78 is 5.17. The zero-order chi connectivity index (χ0) is 18.5. The number of carbonyl (C=O) groups excluding carboxylic acids is 2. The van der Waals surface area contributed by atoms with Gasteiger partial charge < -0.3 is 9.72 Å². The van der Waals surface area contributed by atoms with Gasteiger partial charge >= 0.3 is 5.97 Å². The van der Waals surface area contributed by atoms with E-state index in [1.54, 1.807) is 6.20 Å². The number of benzene rings is 2. The SMILES string of the molecule is CCc1cccc2c(C(=O)COC(=O)CSc3ccccc3C)c[nH]c12. The second-order valence-corrected chi connectivity index (χ2v) is 7.05. The van der Waals surface area contributed by atoms with Crippen LogP contribution in [0.4, 0.5) is 0 Å². The van der Waals surface area contributed by atoms with Crippen LogP contribution >= 0.6 is 11.8 Å². The molecule has 0 aliphatic heterocycles. The van der Waals surface area contributed by atoms with Crippen molar-refractivity contribution in [2.45, 2.75) is 25.2 Å². The molecule has 134 valence electrons. The highest BCUT2D eigenvalue weighted by molar-refractivity contribution is 8.00. The molecule has 26 heavy (non-hydrogen) atoms. The Labute approximate surface area is 156 Å². The van der Waals surface area contributed by atoms with Crippen molar-refractivity contribution < 1.29 is 14.3 Å². The summed E-state index contributed by atoms with van der Waals surface area (Å²) in [5.74, 6) is -0.397. The van der Waals surface area contributed by atoms with Crippen molar-refractivity contribution >= 4 is 34.4 Å². The molecule has 0 bridgehead atoms. The number of para-hydroxylation sites is 1. The van der Waals surface area contributed by atoms with Crippen molar-refractivity contribution in [2.75, 3.05) is 12.4 Å². The number of H-pyrrole nitrogens is 1. The van der Waals surface area contributed by atoms with Crippen LogP contribution in [0, 0.1) is 6.92 Å². The molecule has 0 saturated carbocycles. The van der Waals surface area contributed by atoms with Gasteiger partial charge in [-0.2, -0.15) is 0 Å². The van der Waals surface area contributed by atoms with E-state index in [-0.39, 0.29) is 24.1 Å². The van der Waals surface area contributed by atoms with Gasteiger partial charge in [0.25, 0.3) is 0 Å². The van der Waals surface area contributed by atoms with Crippen LogP contribution in [0.15, 0.2) is 53.6 Å². The third-order valence-electron chi connectivity index (χ3n) is 4.29. The number of Topliss-reactive ketones (excluding diaryl/α,β-unsaturated/α-hetero) is 1. The van der Waals surface area contributed by atoms with Gasteiger partial charge in [0.05, 0.1) is 5.75 Å². The Hall–Kier alpha value is -2.53. The van der Waals surface area contributed by atoms with E-state index in [0.717, 1.165) is 33.3 Å². The minimum absolute atomic E-state index is 0.187. The molecule has 0 amide bonds. The van der Waals surface area contributed by atoms with Gasteiger partial charge in [-0.05, 0) is 30.5 Å². The van der Waals surface area contributed by atoms with Crippen LogP contribution in [0.1, 0.15) is 28.4 Å². The first-order valence-corrected chi connectivity index (χ1v) is 9.55. The van der Waals surface area contributed by atoms with Crippen LogP contribution in [0.25, 0.3) is 10.9 Å². The molecule has 2 aromatic carbocycles. The number of aromatic amines is 1. The molecular formula is C21H21NO3S. The number of ketones is 1. The van der Waals surface area contributed by atoms with Crippen molar-refractivity contribution in [3.05, 3.63) is 65.4 Å². The molecule has 0 aliphatic carbocycles. The molecule has 0 radical (unpaired) electrons. The zero-order valence-electron chi connectivity index (χ0n) is 14.9. The third-order valence-corrected chi connectivity index (χ3v) is 5.44. The van der Waals surface area contributed by atoms with Crippen molar-refractivity contribution in [3.8, 4) is 0 Å². The van der Waals surface area contributed by atoms with Crippen LogP contribution in [0.3, 0.4) is 0 Å². The Bertz CT molecular complexity index is 945. The topological polar surface area (TPSA) is 59.2 Å². The fraction of sp³-hybridized carbons (Fsp3) is 0.238. The molecule has 1 N–H and O–H groups in total. The van der Waals surface area contributed by atoms with Crippen LogP contribution < -0.4 is 0 Å². The highest BCUT2D eigenvalue weighted by Crippen LogP contribution is 2.23. The van der Waals surface area contributed by atoms with Crippen LogP contribution in [0.2, 0.25) is 0 Å². The Kier molecular flexibility index (Phi) is 5.78. The van der Waals surface area contributed by atoms with E-state index >= 15 is 0 Å². The summed E-state index contributed by atoms with van der Waals surface area (Å²) in [5, 5.41) is 0.875. The number of nitrogens with one attached hydrogen (secondary N) is 1. The summed E-state index contributed by atoms with van der Waals surface area (Å²) in [4.78, 5) is 28.6. The minimum atomic E-state index is -0.388. The molecule has 1 heterocycles. The summed E-state index contributed by atoms with van der Waals surface area (Å²) >= 11 is 1.42. The predicted octanol–water partition coefficient (Wildman–Crippen LogP) is 4.56. The summed E-state index contributed by atoms with van der Waals surface area (Å²) in [7, 11) is 0. The lowest BCUT2D eigenvalue weighted by Gasteiger charge is -2.06. The van der Waals surface area contributed by atoms with Gasteiger partial charge in [0.2, 0.25) is 5.78 Å². The molecule has 0 aliphatic rings. The summed E-state index contributed by atoms with van der Waals surface area (Å²) in [6.45, 7) is 3.83. The first kappa shape index (κ1) is 18.3. The molecule has 0 fully saturated rings. The predicted molar refractivity (Wildman–Crippen MR) is 105 cm³/mol. The monoisotopic (exact) mass is 367 g/mol. The lowest BCUT2D eigenvalue weighted by molar-refractivity contribution is -0.139. The van der Waals surface area contributed by atoms with Crippen molar-refractivity contribution in [3.63, 3.8) is 0 Å². The summed E-state index contributed by atoms with van der Waals surface area (Å²) in [6.07, 6.45) is 2.58. The molecule has 0 saturated heterocycles. The number of ether oxygens (including phenoxy) is 1. The van der Waals surface area contributed by atoms with E-state index in [1.807, 2.05) is 49.4 Å². The molecule has 4 nitrogen and oxygen atoms in total. The Balaban J connectivity index is 1.59. The van der Waals surface area contributed by atoms with Gasteiger partial charge in [0.1, 0.15) is 0 Å². The second kappa shape index (κ2) is 8.23. The van der Waals surface area contributed by atoms with E-state index in [1.165, 1.54) is 11.8 Å². The number of carbonyl (C=O) groups is 2. The molecule has 1 aromatic heterocycles. The minimum Gasteiger partial charge on any atom is -0.457 e. The average Bonchev–Trinajstić information content (AvgIpc) is 3.09. The fourth-order valence-electron chi connectivity index (χ4n) is 2.86. The normalized spacial score (nSPS) is 10.8. The van der Waals surface area contributed by atoms with Gasteiger partial charge in [0, 0.05) is 27.6 Å².